The predicted molar refractivity (Wildman–Crippen MR) is 134 cm³/mol. The van der Waals surface area contributed by atoms with Crippen LogP contribution in [0, 0.1) is 0 Å². The normalized spacial score (nSPS) is 17.0. The molecule has 0 aliphatic carbocycles. The van der Waals surface area contributed by atoms with Crippen LogP contribution in [0.1, 0.15) is 36.6 Å². The van der Waals surface area contributed by atoms with Gasteiger partial charge in [-0.25, -0.2) is 0 Å². The maximum absolute atomic E-state index is 13.2. The minimum atomic E-state index is -0.717. The zero-order valence-electron chi connectivity index (χ0n) is 19.9. The van der Waals surface area contributed by atoms with Gasteiger partial charge in [0.15, 0.2) is 0 Å². The molecule has 1 unspecified atom stereocenters. The lowest BCUT2D eigenvalue weighted by Gasteiger charge is -2.25. The highest BCUT2D eigenvalue weighted by Crippen LogP contribution is 2.40. The highest BCUT2D eigenvalue weighted by atomic mass is 16.5. The van der Waals surface area contributed by atoms with Crippen LogP contribution in [0.15, 0.2) is 84.4 Å². The summed E-state index contributed by atoms with van der Waals surface area (Å²) in [5, 5.41) is 11.3. The number of ether oxygens (including phenoxy) is 2. The van der Waals surface area contributed by atoms with Crippen LogP contribution in [0.25, 0.3) is 5.76 Å². The molecule has 6 heteroatoms. The summed E-state index contributed by atoms with van der Waals surface area (Å²) in [4.78, 5) is 28.0. The summed E-state index contributed by atoms with van der Waals surface area (Å²) < 4.78 is 11.1. The number of carbonyl (C=O) groups excluding carboxylic acids is 2. The van der Waals surface area contributed by atoms with Gasteiger partial charge in [0.25, 0.3) is 11.7 Å². The molecular formula is C29H29NO5. The van der Waals surface area contributed by atoms with Crippen molar-refractivity contribution in [3.05, 3.63) is 101 Å². The molecule has 1 aliphatic heterocycles. The zero-order chi connectivity index (χ0) is 24.8. The van der Waals surface area contributed by atoms with Crippen molar-refractivity contribution in [3.63, 3.8) is 0 Å². The number of ketones is 1. The Morgan fingerprint density at radius 1 is 0.857 bits per heavy atom. The van der Waals surface area contributed by atoms with Crippen molar-refractivity contribution in [3.8, 4) is 11.5 Å². The molecule has 6 nitrogen and oxygen atoms in total. The lowest BCUT2D eigenvalue weighted by atomic mass is 9.95. The number of hydrogen-bond donors (Lipinski definition) is 1. The first kappa shape index (κ1) is 24.1. The van der Waals surface area contributed by atoms with Gasteiger partial charge in [-0.15, -0.1) is 0 Å². The fourth-order valence-corrected chi connectivity index (χ4v) is 4.32. The summed E-state index contributed by atoms with van der Waals surface area (Å²) in [6.07, 6.45) is 0.585. The number of nitrogens with zero attached hydrogens (tertiary/aromatic N) is 1. The van der Waals surface area contributed by atoms with E-state index in [9.17, 15) is 14.7 Å². The third kappa shape index (κ3) is 5.22. The van der Waals surface area contributed by atoms with Gasteiger partial charge in [0.05, 0.1) is 24.8 Å². The molecule has 35 heavy (non-hydrogen) atoms. The quantitative estimate of drug-likeness (QED) is 0.265. The van der Waals surface area contributed by atoms with Gasteiger partial charge in [-0.05, 0) is 55.7 Å². The van der Waals surface area contributed by atoms with E-state index in [4.69, 9.17) is 9.47 Å². The van der Waals surface area contributed by atoms with Gasteiger partial charge < -0.3 is 19.5 Å². The summed E-state index contributed by atoms with van der Waals surface area (Å²) >= 11 is 0. The number of hydrogen-bond acceptors (Lipinski definition) is 5. The second kappa shape index (κ2) is 10.9. The summed E-state index contributed by atoms with van der Waals surface area (Å²) in [6.45, 7) is 5.12. The Morgan fingerprint density at radius 3 is 2.23 bits per heavy atom. The van der Waals surface area contributed by atoms with Crippen molar-refractivity contribution < 1.29 is 24.2 Å². The number of carbonyl (C=O) groups is 2. The molecule has 1 amide bonds. The van der Waals surface area contributed by atoms with Crippen molar-refractivity contribution >= 4 is 17.4 Å². The lowest BCUT2D eigenvalue weighted by molar-refractivity contribution is -0.139. The summed E-state index contributed by atoms with van der Waals surface area (Å²) in [5.41, 5.74) is 2.28. The van der Waals surface area contributed by atoms with E-state index in [1.807, 2.05) is 68.4 Å². The number of likely N-dealkylation sites (tertiary alicyclic amines) is 1. The molecular weight excluding hydrogens is 442 g/mol. The van der Waals surface area contributed by atoms with Crippen molar-refractivity contribution in [2.24, 2.45) is 0 Å². The lowest BCUT2D eigenvalue weighted by Crippen LogP contribution is -2.31. The van der Waals surface area contributed by atoms with Gasteiger partial charge in [0, 0.05) is 12.1 Å². The maximum atomic E-state index is 13.2. The third-order valence-electron chi connectivity index (χ3n) is 5.95. The summed E-state index contributed by atoms with van der Waals surface area (Å²) in [7, 11) is 0. The Balaban J connectivity index is 1.77. The molecule has 1 aliphatic rings. The minimum absolute atomic E-state index is 0.0703. The Morgan fingerprint density at radius 2 is 1.54 bits per heavy atom. The molecule has 1 atom stereocenters. The standard InChI is InChI=1S/C29H29NO5/c1-3-34-23-15-13-21(14-16-23)26-25(27(31)22-11-8-12-24(19-22)35-4-2)28(32)29(33)30(26)18-17-20-9-6-5-7-10-20/h5-16,19,26,31H,3-4,17-18H2,1-2H3. The van der Waals surface area contributed by atoms with Crippen LogP contribution in [-0.4, -0.2) is 41.5 Å². The summed E-state index contributed by atoms with van der Waals surface area (Å²) in [6, 6.07) is 23.3. The highest BCUT2D eigenvalue weighted by molar-refractivity contribution is 6.46. The number of aliphatic hydroxyl groups is 1. The van der Waals surface area contributed by atoms with Crippen LogP contribution in [0.5, 0.6) is 11.5 Å². The molecule has 4 rings (SSSR count). The molecule has 3 aromatic rings. The molecule has 0 aromatic heterocycles. The fourth-order valence-electron chi connectivity index (χ4n) is 4.32. The number of amides is 1. The molecule has 3 aromatic carbocycles. The zero-order valence-corrected chi connectivity index (χ0v) is 19.9. The first-order valence-corrected chi connectivity index (χ1v) is 11.8. The van der Waals surface area contributed by atoms with Crippen LogP contribution in [0.3, 0.4) is 0 Å². The van der Waals surface area contributed by atoms with Crippen molar-refractivity contribution in [1.82, 2.24) is 4.90 Å². The Hall–Kier alpha value is -4.06. The van der Waals surface area contributed by atoms with Crippen LogP contribution >= 0.6 is 0 Å². The first-order chi connectivity index (χ1) is 17.0. The predicted octanol–water partition coefficient (Wildman–Crippen LogP) is 5.15. The van der Waals surface area contributed by atoms with E-state index in [0.29, 0.717) is 43.2 Å². The summed E-state index contributed by atoms with van der Waals surface area (Å²) in [5.74, 6) is -0.265. The molecule has 0 spiro atoms. The van der Waals surface area contributed by atoms with Gasteiger partial charge in [-0.1, -0.05) is 54.6 Å². The van der Waals surface area contributed by atoms with E-state index < -0.39 is 17.7 Å². The van der Waals surface area contributed by atoms with E-state index in [0.717, 1.165) is 11.1 Å². The molecule has 1 fully saturated rings. The highest BCUT2D eigenvalue weighted by Gasteiger charge is 2.45. The molecule has 1 saturated heterocycles. The largest absolute Gasteiger partial charge is 0.507 e. The van der Waals surface area contributed by atoms with Crippen LogP contribution in [0.2, 0.25) is 0 Å². The second-order valence-corrected chi connectivity index (χ2v) is 8.19. The third-order valence-corrected chi connectivity index (χ3v) is 5.95. The second-order valence-electron chi connectivity index (χ2n) is 8.19. The smallest absolute Gasteiger partial charge is 0.295 e. The number of aliphatic hydroxyl groups excluding tert-OH is 1. The molecule has 1 heterocycles. The van der Waals surface area contributed by atoms with Gasteiger partial charge in [0.1, 0.15) is 17.3 Å². The van der Waals surface area contributed by atoms with E-state index in [2.05, 4.69) is 0 Å². The molecule has 180 valence electrons. The number of rotatable bonds is 9. The fraction of sp³-hybridized carbons (Fsp3) is 0.241. The van der Waals surface area contributed by atoms with Crippen LogP contribution in [0.4, 0.5) is 0 Å². The Labute approximate surface area is 205 Å². The average molecular weight is 472 g/mol. The van der Waals surface area contributed by atoms with Gasteiger partial charge in [-0.3, -0.25) is 9.59 Å². The van der Waals surface area contributed by atoms with Crippen LogP contribution in [-0.2, 0) is 16.0 Å². The minimum Gasteiger partial charge on any atom is -0.507 e. The molecule has 0 radical (unpaired) electrons. The van der Waals surface area contributed by atoms with E-state index in [1.54, 1.807) is 29.2 Å². The van der Waals surface area contributed by atoms with E-state index in [-0.39, 0.29) is 11.3 Å². The van der Waals surface area contributed by atoms with Crippen molar-refractivity contribution in [2.45, 2.75) is 26.3 Å². The van der Waals surface area contributed by atoms with Crippen molar-refractivity contribution in [2.75, 3.05) is 19.8 Å². The van der Waals surface area contributed by atoms with Gasteiger partial charge >= 0.3 is 0 Å². The Kier molecular flexibility index (Phi) is 7.51. The van der Waals surface area contributed by atoms with Crippen molar-refractivity contribution in [1.29, 1.82) is 0 Å². The topological polar surface area (TPSA) is 76.1 Å². The van der Waals surface area contributed by atoms with Gasteiger partial charge in [-0.2, -0.15) is 0 Å². The molecule has 0 bridgehead atoms. The van der Waals surface area contributed by atoms with Gasteiger partial charge in [0.2, 0.25) is 0 Å². The first-order valence-electron chi connectivity index (χ1n) is 11.8. The van der Waals surface area contributed by atoms with E-state index >= 15 is 0 Å². The maximum Gasteiger partial charge on any atom is 0.295 e. The SMILES string of the molecule is CCOc1ccc(C2C(=C(O)c3cccc(OCC)c3)C(=O)C(=O)N2CCc2ccccc2)cc1. The number of benzene rings is 3. The Bertz CT molecular complexity index is 1220. The van der Waals surface area contributed by atoms with Crippen LogP contribution < -0.4 is 9.47 Å². The molecule has 0 saturated carbocycles. The molecule has 1 N–H and O–H groups in total. The number of Topliss-reactive ketones (excluding diaryl/α,β-unsaturated/α-hetero) is 1. The monoisotopic (exact) mass is 471 g/mol. The van der Waals surface area contributed by atoms with E-state index in [1.165, 1.54) is 0 Å². The average Bonchev–Trinajstić information content (AvgIpc) is 3.13.